The van der Waals surface area contributed by atoms with Crippen LogP contribution in [0.3, 0.4) is 0 Å². The molecule has 1 heterocycles. The summed E-state index contributed by atoms with van der Waals surface area (Å²) in [6.45, 7) is 2.46. The van der Waals surface area contributed by atoms with Crippen LogP contribution in [0.15, 0.2) is 42.6 Å². The smallest absolute Gasteiger partial charge is 0.276 e. The molecule has 2 bridgehead atoms. The number of hydrogen-bond donors (Lipinski definition) is 2. The minimum Gasteiger partial charge on any atom is -0.439 e. The molecule has 2 saturated carbocycles. The zero-order valence-electron chi connectivity index (χ0n) is 15.6. The minimum atomic E-state index is -0.593. The highest BCUT2D eigenvalue weighted by Crippen LogP contribution is 2.54. The third-order valence-corrected chi connectivity index (χ3v) is 6.71. The van der Waals surface area contributed by atoms with Crippen molar-refractivity contribution in [3.8, 4) is 11.6 Å². The third kappa shape index (κ3) is 3.32. The zero-order valence-corrected chi connectivity index (χ0v) is 15.6. The molecule has 0 atom stereocenters. The topological polar surface area (TPSA) is 71.5 Å². The molecule has 0 spiro atoms. The number of nitrogens with zero attached hydrogens (tertiary/aromatic N) is 1. The lowest BCUT2D eigenvalue weighted by Gasteiger charge is -2.52. The number of nitrogens with one attached hydrogen (secondary N) is 1. The second-order valence-electron chi connectivity index (χ2n) is 7.99. The van der Waals surface area contributed by atoms with Crippen molar-refractivity contribution in [3.05, 3.63) is 53.7 Å². The Hall–Kier alpha value is -2.40. The summed E-state index contributed by atoms with van der Waals surface area (Å²) in [6, 6.07) is 11.6. The molecule has 5 nitrogen and oxygen atoms in total. The van der Waals surface area contributed by atoms with Crippen LogP contribution in [0.5, 0.6) is 11.6 Å². The summed E-state index contributed by atoms with van der Waals surface area (Å²) in [6.07, 6.45) is 9.53. The molecule has 27 heavy (non-hydrogen) atoms. The average molecular weight is 366 g/mol. The molecule has 0 radical (unpaired) electrons. The summed E-state index contributed by atoms with van der Waals surface area (Å²) in [5.41, 5.74) is 3.57. The van der Waals surface area contributed by atoms with Crippen LogP contribution in [0, 0.1) is 11.8 Å². The number of amides is 1. The summed E-state index contributed by atoms with van der Waals surface area (Å²) < 4.78 is 5.81. The van der Waals surface area contributed by atoms with Gasteiger partial charge in [0.1, 0.15) is 5.75 Å². The van der Waals surface area contributed by atoms with E-state index < -0.39 is 5.91 Å². The fourth-order valence-corrected chi connectivity index (χ4v) is 5.16. The lowest BCUT2D eigenvalue weighted by Crippen LogP contribution is -2.45. The molecule has 1 aromatic heterocycles. The molecule has 4 rings (SSSR count). The van der Waals surface area contributed by atoms with Crippen molar-refractivity contribution in [2.45, 2.75) is 50.9 Å². The fourth-order valence-electron chi connectivity index (χ4n) is 5.16. The molecule has 0 unspecified atom stereocenters. The fraction of sp³-hybridized carbons (Fsp3) is 0.455. The highest BCUT2D eigenvalue weighted by molar-refractivity contribution is 5.92. The van der Waals surface area contributed by atoms with Gasteiger partial charge < -0.3 is 4.74 Å². The van der Waals surface area contributed by atoms with Crippen LogP contribution in [-0.2, 0) is 5.41 Å². The van der Waals surface area contributed by atoms with E-state index in [0.717, 1.165) is 17.6 Å². The van der Waals surface area contributed by atoms with Gasteiger partial charge in [-0.1, -0.05) is 31.9 Å². The Balaban J connectivity index is 1.50. The Morgan fingerprint density at radius 2 is 1.70 bits per heavy atom. The van der Waals surface area contributed by atoms with Gasteiger partial charge in [0.15, 0.2) is 0 Å². The van der Waals surface area contributed by atoms with E-state index >= 15 is 0 Å². The number of pyridine rings is 1. The maximum atomic E-state index is 11.3. The Bertz CT molecular complexity index is 779. The van der Waals surface area contributed by atoms with E-state index in [9.17, 15) is 4.79 Å². The van der Waals surface area contributed by atoms with E-state index in [0.29, 0.717) is 5.88 Å². The van der Waals surface area contributed by atoms with Crippen molar-refractivity contribution in [2.75, 3.05) is 0 Å². The zero-order chi connectivity index (χ0) is 18.9. The van der Waals surface area contributed by atoms with Crippen molar-refractivity contribution < 1.29 is 14.7 Å². The van der Waals surface area contributed by atoms with Crippen LogP contribution >= 0.6 is 0 Å². The van der Waals surface area contributed by atoms with Crippen molar-refractivity contribution in [1.29, 1.82) is 0 Å². The Kier molecular flexibility index (Phi) is 4.87. The molecule has 0 saturated heterocycles. The predicted molar refractivity (Wildman–Crippen MR) is 102 cm³/mol. The normalized spacial score (nSPS) is 27.0. The molecule has 2 N–H and O–H groups in total. The van der Waals surface area contributed by atoms with Crippen LogP contribution in [0.25, 0.3) is 0 Å². The minimum absolute atomic E-state index is 0.275. The average Bonchev–Trinajstić information content (AvgIpc) is 2.68. The maximum Gasteiger partial charge on any atom is 0.276 e. The van der Waals surface area contributed by atoms with E-state index in [4.69, 9.17) is 9.94 Å². The van der Waals surface area contributed by atoms with E-state index in [-0.39, 0.29) is 11.0 Å². The van der Waals surface area contributed by atoms with Crippen LogP contribution in [0.4, 0.5) is 0 Å². The molecule has 1 aromatic carbocycles. The molecule has 2 aromatic rings. The SMILES string of the molecule is CC1(c2ccc(Oc3ccc(C(=O)NO)cn3)cc2)C2CCCC1CCC2. The third-order valence-electron chi connectivity index (χ3n) is 6.71. The van der Waals surface area contributed by atoms with Gasteiger partial charge in [-0.15, -0.1) is 0 Å². The lowest BCUT2D eigenvalue weighted by atomic mass is 9.53. The number of benzene rings is 1. The summed E-state index contributed by atoms with van der Waals surface area (Å²) in [5.74, 6) is 2.14. The number of fused-ring (bicyclic) bond motifs is 2. The molecule has 0 aliphatic heterocycles. The van der Waals surface area contributed by atoms with Crippen molar-refractivity contribution in [3.63, 3.8) is 0 Å². The Morgan fingerprint density at radius 3 is 2.22 bits per heavy atom. The van der Waals surface area contributed by atoms with E-state index in [1.807, 2.05) is 12.1 Å². The van der Waals surface area contributed by atoms with Gasteiger partial charge in [-0.05, 0) is 66.7 Å². The largest absolute Gasteiger partial charge is 0.439 e. The van der Waals surface area contributed by atoms with Crippen LogP contribution in [0.2, 0.25) is 0 Å². The highest BCUT2D eigenvalue weighted by atomic mass is 16.5. The maximum absolute atomic E-state index is 11.3. The number of carbonyl (C=O) groups is 1. The van der Waals surface area contributed by atoms with Gasteiger partial charge in [0.25, 0.3) is 5.91 Å². The van der Waals surface area contributed by atoms with E-state index in [1.54, 1.807) is 17.6 Å². The molecule has 5 heteroatoms. The summed E-state index contributed by atoms with van der Waals surface area (Å²) in [4.78, 5) is 15.5. The van der Waals surface area contributed by atoms with E-state index in [2.05, 4.69) is 24.0 Å². The summed E-state index contributed by atoms with van der Waals surface area (Å²) in [5, 5.41) is 8.65. The van der Waals surface area contributed by atoms with E-state index in [1.165, 1.54) is 50.3 Å². The molecule has 2 fully saturated rings. The monoisotopic (exact) mass is 366 g/mol. The van der Waals surface area contributed by atoms with Crippen molar-refractivity contribution in [1.82, 2.24) is 10.5 Å². The number of aromatic nitrogens is 1. The second-order valence-corrected chi connectivity index (χ2v) is 7.99. The summed E-state index contributed by atoms with van der Waals surface area (Å²) in [7, 11) is 0. The number of rotatable bonds is 4. The van der Waals surface area contributed by atoms with Crippen molar-refractivity contribution >= 4 is 5.91 Å². The molecule has 2 aliphatic rings. The van der Waals surface area contributed by atoms with Crippen LogP contribution < -0.4 is 10.2 Å². The van der Waals surface area contributed by atoms with Gasteiger partial charge in [0.2, 0.25) is 5.88 Å². The number of ether oxygens (including phenoxy) is 1. The number of hydroxylamine groups is 1. The van der Waals surface area contributed by atoms with Gasteiger partial charge in [-0.3, -0.25) is 10.0 Å². The quantitative estimate of drug-likeness (QED) is 0.599. The highest BCUT2D eigenvalue weighted by Gasteiger charge is 2.46. The van der Waals surface area contributed by atoms with Gasteiger partial charge in [-0.2, -0.15) is 0 Å². The Labute approximate surface area is 159 Å². The summed E-state index contributed by atoms with van der Waals surface area (Å²) >= 11 is 0. The first-order valence-electron chi connectivity index (χ1n) is 9.80. The van der Waals surface area contributed by atoms with Crippen LogP contribution in [-0.4, -0.2) is 16.1 Å². The molecule has 2 aliphatic carbocycles. The second kappa shape index (κ2) is 7.31. The Morgan fingerprint density at radius 1 is 1.07 bits per heavy atom. The van der Waals surface area contributed by atoms with Gasteiger partial charge >= 0.3 is 0 Å². The molecule has 142 valence electrons. The first-order valence-corrected chi connectivity index (χ1v) is 9.80. The van der Waals surface area contributed by atoms with Gasteiger partial charge in [0, 0.05) is 12.3 Å². The molecule has 1 amide bonds. The first kappa shape index (κ1) is 18.0. The van der Waals surface area contributed by atoms with Crippen LogP contribution in [0.1, 0.15) is 61.4 Å². The van der Waals surface area contributed by atoms with Gasteiger partial charge in [-0.25, -0.2) is 10.5 Å². The van der Waals surface area contributed by atoms with Crippen molar-refractivity contribution in [2.24, 2.45) is 11.8 Å². The standard InChI is InChI=1S/C22H26N2O3/c1-22(16-4-2-5-17(22)7-3-6-16)18-9-11-19(12-10-18)27-20-13-8-15(14-23-20)21(25)24-26/h8-14,16-17,26H,2-7H2,1H3,(H,24,25). The van der Waals surface area contributed by atoms with Gasteiger partial charge in [0.05, 0.1) is 5.56 Å². The molecular formula is C22H26N2O3. The number of hydrogen-bond acceptors (Lipinski definition) is 4. The predicted octanol–water partition coefficient (Wildman–Crippen LogP) is 4.85. The molecular weight excluding hydrogens is 340 g/mol. The lowest BCUT2D eigenvalue weighted by molar-refractivity contribution is 0.0666. The first-order chi connectivity index (χ1) is 13.1. The number of carbonyl (C=O) groups excluding carboxylic acids is 1.